The Hall–Kier alpha value is -2.33. The number of nitrogens with two attached hydrogens (primary N) is 1. The van der Waals surface area contributed by atoms with E-state index in [0.717, 1.165) is 29.9 Å². The summed E-state index contributed by atoms with van der Waals surface area (Å²) in [5.41, 5.74) is 10.8. The number of fused-ring (bicyclic) bond motifs is 2. The quantitative estimate of drug-likeness (QED) is 0.757. The van der Waals surface area contributed by atoms with Crippen LogP contribution in [0, 0.1) is 0 Å². The molecule has 1 aliphatic heterocycles. The highest BCUT2D eigenvalue weighted by atomic mass is 15.3. The number of hydrogen-bond donors (Lipinski definition) is 2. The van der Waals surface area contributed by atoms with Crippen LogP contribution in [0.15, 0.2) is 48.5 Å². The lowest BCUT2D eigenvalue weighted by Crippen LogP contribution is -2.45. The van der Waals surface area contributed by atoms with Crippen molar-refractivity contribution < 1.29 is 0 Å². The van der Waals surface area contributed by atoms with Gasteiger partial charge < -0.3 is 15.6 Å². The lowest BCUT2D eigenvalue weighted by Gasteiger charge is -2.36. The summed E-state index contributed by atoms with van der Waals surface area (Å²) >= 11 is 0. The average molecular weight is 278 g/mol. The molecule has 3 aromatic rings. The minimum atomic E-state index is 0.292. The monoisotopic (exact) mass is 278 g/mol. The zero-order valence-corrected chi connectivity index (χ0v) is 11.8. The summed E-state index contributed by atoms with van der Waals surface area (Å²) in [5, 5.41) is 0. The molecular formula is C17H18N4. The normalized spacial score (nSPS) is 18.0. The molecule has 3 N–H and O–H groups in total. The van der Waals surface area contributed by atoms with Crippen molar-refractivity contribution in [1.82, 2.24) is 9.97 Å². The fourth-order valence-corrected chi connectivity index (χ4v) is 3.12. The van der Waals surface area contributed by atoms with Gasteiger partial charge in [-0.3, -0.25) is 0 Å². The van der Waals surface area contributed by atoms with E-state index >= 15 is 0 Å². The van der Waals surface area contributed by atoms with Gasteiger partial charge in [0.05, 0.1) is 11.0 Å². The van der Waals surface area contributed by atoms with Crippen molar-refractivity contribution in [2.24, 2.45) is 5.73 Å². The van der Waals surface area contributed by atoms with Crippen LogP contribution in [0.5, 0.6) is 0 Å². The first-order valence-electron chi connectivity index (χ1n) is 7.33. The maximum atomic E-state index is 6.00. The molecule has 0 bridgehead atoms. The molecule has 2 heterocycles. The predicted octanol–water partition coefficient (Wildman–Crippen LogP) is 2.45. The minimum Gasteiger partial charge on any atom is -0.333 e. The van der Waals surface area contributed by atoms with Crippen LogP contribution in [0.3, 0.4) is 0 Å². The van der Waals surface area contributed by atoms with Gasteiger partial charge in [-0.1, -0.05) is 36.4 Å². The molecule has 4 nitrogen and oxygen atoms in total. The van der Waals surface area contributed by atoms with E-state index in [1.165, 1.54) is 11.1 Å². The summed E-state index contributed by atoms with van der Waals surface area (Å²) in [6, 6.07) is 17.0. The van der Waals surface area contributed by atoms with Crippen LogP contribution >= 0.6 is 0 Å². The molecule has 4 rings (SSSR count). The molecule has 1 aromatic heterocycles. The fraction of sp³-hybridized carbons (Fsp3) is 0.235. The van der Waals surface area contributed by atoms with E-state index < -0.39 is 0 Å². The first-order chi connectivity index (χ1) is 10.3. The molecule has 1 atom stereocenters. The van der Waals surface area contributed by atoms with Crippen molar-refractivity contribution in [1.29, 1.82) is 0 Å². The van der Waals surface area contributed by atoms with E-state index in [4.69, 9.17) is 10.7 Å². The Kier molecular flexibility index (Phi) is 2.89. The number of aromatic nitrogens is 2. The van der Waals surface area contributed by atoms with Crippen molar-refractivity contribution in [3.63, 3.8) is 0 Å². The van der Waals surface area contributed by atoms with E-state index in [0.29, 0.717) is 12.6 Å². The smallest absolute Gasteiger partial charge is 0.204 e. The van der Waals surface area contributed by atoms with Crippen LogP contribution in [0.2, 0.25) is 0 Å². The molecule has 106 valence electrons. The van der Waals surface area contributed by atoms with Gasteiger partial charge in [-0.2, -0.15) is 0 Å². The number of aromatic amines is 1. The van der Waals surface area contributed by atoms with E-state index in [1.807, 2.05) is 18.2 Å². The Balaban J connectivity index is 1.76. The van der Waals surface area contributed by atoms with Gasteiger partial charge >= 0.3 is 0 Å². The Bertz CT molecular complexity index is 744. The van der Waals surface area contributed by atoms with Crippen LogP contribution in [-0.4, -0.2) is 22.6 Å². The van der Waals surface area contributed by atoms with E-state index in [2.05, 4.69) is 40.2 Å². The third-order valence-electron chi connectivity index (χ3n) is 4.28. The number of para-hydroxylation sites is 2. The molecule has 2 aromatic carbocycles. The molecule has 1 aliphatic rings. The van der Waals surface area contributed by atoms with Crippen LogP contribution in [0.25, 0.3) is 11.0 Å². The van der Waals surface area contributed by atoms with Crippen molar-refractivity contribution in [3.8, 4) is 0 Å². The zero-order valence-electron chi connectivity index (χ0n) is 11.8. The van der Waals surface area contributed by atoms with E-state index in [9.17, 15) is 0 Å². The van der Waals surface area contributed by atoms with Gasteiger partial charge in [-0.15, -0.1) is 0 Å². The number of rotatable bonds is 2. The second kappa shape index (κ2) is 4.90. The summed E-state index contributed by atoms with van der Waals surface area (Å²) in [6.07, 6.45) is 0.976. The lowest BCUT2D eigenvalue weighted by atomic mass is 9.94. The highest BCUT2D eigenvalue weighted by molar-refractivity contribution is 5.77. The van der Waals surface area contributed by atoms with Gasteiger partial charge in [0.15, 0.2) is 0 Å². The van der Waals surface area contributed by atoms with Crippen LogP contribution in [0.1, 0.15) is 11.1 Å². The molecule has 21 heavy (non-hydrogen) atoms. The summed E-state index contributed by atoms with van der Waals surface area (Å²) in [5.74, 6) is 0.918. The Morgan fingerprint density at radius 2 is 1.86 bits per heavy atom. The van der Waals surface area contributed by atoms with Gasteiger partial charge in [0.2, 0.25) is 5.95 Å². The summed E-state index contributed by atoms with van der Waals surface area (Å²) < 4.78 is 0. The largest absolute Gasteiger partial charge is 0.333 e. The number of anilines is 1. The second-order valence-electron chi connectivity index (χ2n) is 5.57. The minimum absolute atomic E-state index is 0.292. The fourth-order valence-electron chi connectivity index (χ4n) is 3.12. The molecule has 0 spiro atoms. The van der Waals surface area contributed by atoms with Gasteiger partial charge in [0, 0.05) is 19.1 Å². The predicted molar refractivity (Wildman–Crippen MR) is 85.3 cm³/mol. The summed E-state index contributed by atoms with van der Waals surface area (Å²) in [6.45, 7) is 1.49. The van der Waals surface area contributed by atoms with E-state index in [1.54, 1.807) is 0 Å². The van der Waals surface area contributed by atoms with Gasteiger partial charge in [-0.25, -0.2) is 4.98 Å². The molecule has 1 unspecified atom stereocenters. The van der Waals surface area contributed by atoms with E-state index in [-0.39, 0.29) is 0 Å². The maximum Gasteiger partial charge on any atom is 0.204 e. The van der Waals surface area contributed by atoms with Crippen LogP contribution < -0.4 is 10.6 Å². The van der Waals surface area contributed by atoms with Crippen molar-refractivity contribution in [2.75, 3.05) is 11.4 Å². The Morgan fingerprint density at radius 1 is 1.10 bits per heavy atom. The van der Waals surface area contributed by atoms with Crippen LogP contribution in [-0.2, 0) is 13.0 Å². The zero-order chi connectivity index (χ0) is 14.2. The number of H-pyrrole nitrogens is 1. The molecule has 0 radical (unpaired) electrons. The third kappa shape index (κ3) is 2.08. The number of benzene rings is 2. The number of nitrogens with zero attached hydrogens (tertiary/aromatic N) is 2. The molecule has 0 aliphatic carbocycles. The Labute approximate surface area is 123 Å². The van der Waals surface area contributed by atoms with Gasteiger partial charge in [0.1, 0.15) is 0 Å². The third-order valence-corrected chi connectivity index (χ3v) is 4.28. The number of nitrogens with one attached hydrogen (secondary N) is 1. The molecule has 4 heteroatoms. The molecule has 0 amide bonds. The van der Waals surface area contributed by atoms with Crippen LogP contribution in [0.4, 0.5) is 5.95 Å². The highest BCUT2D eigenvalue weighted by Crippen LogP contribution is 2.27. The first kappa shape index (κ1) is 12.4. The van der Waals surface area contributed by atoms with Crippen molar-refractivity contribution in [2.45, 2.75) is 19.0 Å². The van der Waals surface area contributed by atoms with Crippen molar-refractivity contribution >= 4 is 17.0 Å². The number of imidazole rings is 1. The molecular weight excluding hydrogens is 260 g/mol. The highest BCUT2D eigenvalue weighted by Gasteiger charge is 2.26. The first-order valence-corrected chi connectivity index (χ1v) is 7.33. The maximum absolute atomic E-state index is 6.00. The molecule has 0 saturated heterocycles. The standard InChI is InChI=1S/C17H18N4/c18-10-14-9-12-5-1-2-6-13(12)11-21(14)17-19-15-7-3-4-8-16(15)20-17/h1-8,14H,9-11,18H2,(H,19,20). The average Bonchev–Trinajstić information content (AvgIpc) is 2.97. The number of hydrogen-bond acceptors (Lipinski definition) is 3. The Morgan fingerprint density at radius 3 is 2.67 bits per heavy atom. The van der Waals surface area contributed by atoms with Gasteiger partial charge in [0.25, 0.3) is 0 Å². The van der Waals surface area contributed by atoms with Gasteiger partial charge in [-0.05, 0) is 29.7 Å². The van der Waals surface area contributed by atoms with Crippen molar-refractivity contribution in [3.05, 3.63) is 59.7 Å². The lowest BCUT2D eigenvalue weighted by molar-refractivity contribution is 0.552. The summed E-state index contributed by atoms with van der Waals surface area (Å²) in [4.78, 5) is 10.4. The summed E-state index contributed by atoms with van der Waals surface area (Å²) in [7, 11) is 0. The SMILES string of the molecule is NCC1Cc2ccccc2CN1c1nc2ccccc2[nH]1. The topological polar surface area (TPSA) is 57.9 Å². The molecule has 0 saturated carbocycles. The molecule has 0 fully saturated rings. The second-order valence-corrected chi connectivity index (χ2v) is 5.57.